The maximum atomic E-state index is 12.5. The van der Waals surface area contributed by atoms with Crippen LogP contribution < -0.4 is 0 Å². The molecule has 2 aromatic rings. The number of ketones is 1. The Kier molecular flexibility index (Phi) is 3.51. The fourth-order valence-electron chi connectivity index (χ4n) is 2.52. The van der Waals surface area contributed by atoms with Crippen LogP contribution in [0, 0.1) is 0 Å². The molecule has 1 heterocycles. The number of carbonyl (C=O) groups is 2. The summed E-state index contributed by atoms with van der Waals surface area (Å²) in [6.45, 7) is 6.12. The van der Waals surface area contributed by atoms with Crippen LogP contribution in [-0.4, -0.2) is 18.4 Å². The fraction of sp³-hybridized carbons (Fsp3) is 0.111. The molecular weight excluding hydrogens is 280 g/mol. The predicted octanol–water partition coefficient (Wildman–Crippen LogP) is 3.46. The molecule has 0 saturated carbocycles. The molecule has 1 aromatic heterocycles. The minimum absolute atomic E-state index is 0.172. The van der Waals surface area contributed by atoms with Gasteiger partial charge in [-0.05, 0) is 24.1 Å². The zero-order valence-electron chi connectivity index (χ0n) is 12.1. The van der Waals surface area contributed by atoms with E-state index < -0.39 is 5.97 Å². The summed E-state index contributed by atoms with van der Waals surface area (Å²) in [6, 6.07) is 7.27. The van der Waals surface area contributed by atoms with Crippen molar-refractivity contribution in [2.24, 2.45) is 0 Å². The summed E-state index contributed by atoms with van der Waals surface area (Å²) >= 11 is 0. The topological polar surface area (TPSA) is 56.5 Å². The second-order valence-corrected chi connectivity index (χ2v) is 4.83. The first-order valence-electron chi connectivity index (χ1n) is 6.93. The van der Waals surface area contributed by atoms with Crippen LogP contribution in [0.5, 0.6) is 0 Å². The molecule has 3 rings (SSSR count). The Morgan fingerprint density at radius 1 is 1.32 bits per heavy atom. The molecule has 0 unspecified atom stereocenters. The van der Waals surface area contributed by atoms with Gasteiger partial charge in [0.2, 0.25) is 5.78 Å². The highest BCUT2D eigenvalue weighted by atomic mass is 16.5. The molecule has 4 nitrogen and oxygen atoms in total. The van der Waals surface area contributed by atoms with E-state index in [0.29, 0.717) is 28.9 Å². The van der Waals surface area contributed by atoms with E-state index in [1.807, 2.05) is 12.1 Å². The summed E-state index contributed by atoms with van der Waals surface area (Å²) in [6.07, 6.45) is 4.34. The van der Waals surface area contributed by atoms with Crippen molar-refractivity contribution in [3.05, 3.63) is 71.2 Å². The number of furan rings is 1. The van der Waals surface area contributed by atoms with Crippen molar-refractivity contribution >= 4 is 23.4 Å². The molecule has 0 radical (unpaired) electrons. The first kappa shape index (κ1) is 14.1. The third-order valence-electron chi connectivity index (χ3n) is 3.51. The summed E-state index contributed by atoms with van der Waals surface area (Å²) in [5, 5.41) is 0. The van der Waals surface area contributed by atoms with Crippen molar-refractivity contribution in [1.29, 1.82) is 0 Å². The summed E-state index contributed by atoms with van der Waals surface area (Å²) in [4.78, 5) is 23.9. The van der Waals surface area contributed by atoms with Crippen molar-refractivity contribution in [2.75, 3.05) is 6.61 Å². The molecule has 0 fully saturated rings. The first-order valence-corrected chi connectivity index (χ1v) is 6.93. The van der Waals surface area contributed by atoms with Gasteiger partial charge in [0.25, 0.3) is 0 Å². The highest BCUT2D eigenvalue weighted by molar-refractivity contribution is 6.17. The van der Waals surface area contributed by atoms with E-state index in [0.717, 1.165) is 5.56 Å². The predicted molar refractivity (Wildman–Crippen MR) is 82.4 cm³/mol. The van der Waals surface area contributed by atoms with Crippen molar-refractivity contribution < 1.29 is 18.7 Å². The molecule has 0 atom stereocenters. The second kappa shape index (κ2) is 5.48. The molecule has 0 aliphatic heterocycles. The van der Waals surface area contributed by atoms with Crippen LogP contribution in [-0.2, 0) is 9.53 Å². The Balaban J connectivity index is 2.03. The van der Waals surface area contributed by atoms with E-state index in [1.54, 1.807) is 25.1 Å². The summed E-state index contributed by atoms with van der Waals surface area (Å²) in [5.74, 6) is -0.355. The van der Waals surface area contributed by atoms with Gasteiger partial charge in [-0.2, -0.15) is 0 Å². The van der Waals surface area contributed by atoms with Crippen LogP contribution in [0.1, 0.15) is 39.7 Å². The molecule has 0 saturated heterocycles. The number of hydrogen-bond acceptors (Lipinski definition) is 4. The molecule has 1 aromatic carbocycles. The maximum absolute atomic E-state index is 12.5. The molecule has 0 bridgehead atoms. The van der Waals surface area contributed by atoms with E-state index in [9.17, 15) is 9.59 Å². The molecule has 110 valence electrons. The lowest BCUT2D eigenvalue weighted by Gasteiger charge is -2.17. The lowest BCUT2D eigenvalue weighted by atomic mass is 9.84. The van der Waals surface area contributed by atoms with Crippen LogP contribution >= 0.6 is 0 Å². The number of rotatable bonds is 3. The Morgan fingerprint density at radius 3 is 2.77 bits per heavy atom. The fourth-order valence-corrected chi connectivity index (χ4v) is 2.52. The Morgan fingerprint density at radius 2 is 2.05 bits per heavy atom. The molecule has 1 aliphatic carbocycles. The average Bonchev–Trinajstić information content (AvgIpc) is 2.95. The number of esters is 1. The van der Waals surface area contributed by atoms with Crippen LogP contribution in [0.3, 0.4) is 0 Å². The van der Waals surface area contributed by atoms with E-state index in [1.165, 1.54) is 12.3 Å². The minimum atomic E-state index is -0.439. The zero-order valence-corrected chi connectivity index (χ0v) is 12.1. The molecule has 0 N–H and O–H groups in total. The van der Waals surface area contributed by atoms with Crippen LogP contribution in [0.15, 0.2) is 47.6 Å². The molecule has 22 heavy (non-hydrogen) atoms. The minimum Gasteiger partial charge on any atom is -0.463 e. The van der Waals surface area contributed by atoms with Crippen molar-refractivity contribution in [1.82, 2.24) is 0 Å². The second-order valence-electron chi connectivity index (χ2n) is 4.83. The number of carbonyl (C=O) groups excluding carboxylic acids is 2. The van der Waals surface area contributed by atoms with Crippen LogP contribution in [0.4, 0.5) is 0 Å². The molecule has 4 heteroatoms. The largest absolute Gasteiger partial charge is 0.463 e. The monoisotopic (exact) mass is 294 g/mol. The summed E-state index contributed by atoms with van der Waals surface area (Å²) < 4.78 is 10.2. The van der Waals surface area contributed by atoms with Gasteiger partial charge in [0.05, 0.1) is 12.9 Å². The van der Waals surface area contributed by atoms with E-state index in [-0.39, 0.29) is 11.5 Å². The highest BCUT2D eigenvalue weighted by Crippen LogP contribution is 2.38. The van der Waals surface area contributed by atoms with Crippen LogP contribution in [0.2, 0.25) is 0 Å². The SMILES string of the molecule is C=C1c2ccccc2C(=O)c2occ(/C=C\C(=O)OCC)c21. The van der Waals surface area contributed by atoms with Gasteiger partial charge in [0.15, 0.2) is 5.76 Å². The van der Waals surface area contributed by atoms with Gasteiger partial charge in [-0.3, -0.25) is 4.79 Å². The number of fused-ring (bicyclic) bond motifs is 2. The Labute approximate surface area is 127 Å². The van der Waals surface area contributed by atoms with E-state index in [2.05, 4.69) is 6.58 Å². The standard InChI is InChI=1S/C18H14O4/c1-3-21-15(19)9-8-12-10-22-18-16(12)11(2)13-6-4-5-7-14(13)17(18)20/h4-10H,2-3H2,1H3/b9-8-. The van der Waals surface area contributed by atoms with Crippen molar-refractivity contribution in [3.63, 3.8) is 0 Å². The lowest BCUT2D eigenvalue weighted by Crippen LogP contribution is -2.12. The van der Waals surface area contributed by atoms with Gasteiger partial charge >= 0.3 is 5.97 Å². The Bertz CT molecular complexity index is 808. The summed E-state index contributed by atoms with van der Waals surface area (Å²) in [7, 11) is 0. The molecule has 0 amide bonds. The van der Waals surface area contributed by atoms with Gasteiger partial charge < -0.3 is 9.15 Å². The quantitative estimate of drug-likeness (QED) is 0.548. The van der Waals surface area contributed by atoms with Crippen molar-refractivity contribution in [3.8, 4) is 0 Å². The number of ether oxygens (including phenoxy) is 1. The maximum Gasteiger partial charge on any atom is 0.330 e. The van der Waals surface area contributed by atoms with Gasteiger partial charge in [0.1, 0.15) is 0 Å². The van der Waals surface area contributed by atoms with E-state index >= 15 is 0 Å². The lowest BCUT2D eigenvalue weighted by molar-refractivity contribution is -0.137. The smallest absolute Gasteiger partial charge is 0.330 e. The van der Waals surface area contributed by atoms with E-state index in [4.69, 9.17) is 9.15 Å². The average molecular weight is 294 g/mol. The third kappa shape index (κ3) is 2.19. The summed E-state index contributed by atoms with van der Waals surface area (Å²) in [5.41, 5.74) is 3.34. The zero-order chi connectivity index (χ0) is 15.7. The van der Waals surface area contributed by atoms with Crippen molar-refractivity contribution in [2.45, 2.75) is 6.92 Å². The van der Waals surface area contributed by atoms with Gasteiger partial charge in [-0.15, -0.1) is 0 Å². The molecule has 0 spiro atoms. The number of benzene rings is 1. The van der Waals surface area contributed by atoms with Crippen LogP contribution in [0.25, 0.3) is 11.6 Å². The number of hydrogen-bond donors (Lipinski definition) is 0. The first-order chi connectivity index (χ1) is 10.6. The van der Waals surface area contributed by atoms with Gasteiger partial charge in [-0.25, -0.2) is 4.79 Å². The molecular formula is C18H14O4. The van der Waals surface area contributed by atoms with Gasteiger partial charge in [-0.1, -0.05) is 30.8 Å². The highest BCUT2D eigenvalue weighted by Gasteiger charge is 2.30. The third-order valence-corrected chi connectivity index (χ3v) is 3.51. The van der Waals surface area contributed by atoms with Gasteiger partial charge in [0, 0.05) is 22.8 Å². The normalized spacial score (nSPS) is 13.1. The molecule has 1 aliphatic rings. The Hall–Kier alpha value is -2.88.